The molecule has 1 aromatic rings. The van der Waals surface area contributed by atoms with Crippen LogP contribution in [-0.2, 0) is 13.5 Å². The van der Waals surface area contributed by atoms with Gasteiger partial charge in [-0.05, 0) is 24.8 Å². The van der Waals surface area contributed by atoms with Crippen molar-refractivity contribution in [3.63, 3.8) is 0 Å². The summed E-state index contributed by atoms with van der Waals surface area (Å²) in [6.07, 6.45) is 4.83. The van der Waals surface area contributed by atoms with E-state index in [0.717, 1.165) is 24.5 Å². The van der Waals surface area contributed by atoms with Gasteiger partial charge < -0.3 is 0 Å². The monoisotopic (exact) mass is 208 g/mol. The molecule has 4 heteroatoms. The van der Waals surface area contributed by atoms with Crippen molar-refractivity contribution in [1.29, 1.82) is 0 Å². The van der Waals surface area contributed by atoms with E-state index in [1.807, 2.05) is 11.7 Å². The van der Waals surface area contributed by atoms with Crippen LogP contribution in [0.15, 0.2) is 6.07 Å². The summed E-state index contributed by atoms with van der Waals surface area (Å²) < 4.78 is 1.95. The molecule has 0 radical (unpaired) electrons. The maximum atomic E-state index is 5.61. The van der Waals surface area contributed by atoms with E-state index in [9.17, 15) is 0 Å². The zero-order chi connectivity index (χ0) is 10.8. The predicted octanol–water partition coefficient (Wildman–Crippen LogP) is 1.29. The Bertz CT molecular complexity index is 327. The summed E-state index contributed by atoms with van der Waals surface area (Å²) in [6.45, 7) is 2.12. The predicted molar refractivity (Wildman–Crippen MR) is 60.0 cm³/mol. The molecule has 1 aliphatic carbocycles. The van der Waals surface area contributed by atoms with Gasteiger partial charge in [0.25, 0.3) is 0 Å². The Morgan fingerprint density at radius 3 is 2.87 bits per heavy atom. The highest BCUT2D eigenvalue weighted by Gasteiger charge is 2.27. The van der Waals surface area contributed by atoms with Crippen molar-refractivity contribution < 1.29 is 0 Å². The number of hydrazine groups is 1. The SMILES string of the molecule is CCc1cc(C(CC2CC2)NN)n(C)n1. The zero-order valence-corrected chi connectivity index (χ0v) is 9.53. The Kier molecular flexibility index (Phi) is 3.07. The summed E-state index contributed by atoms with van der Waals surface area (Å²) in [7, 11) is 1.99. The van der Waals surface area contributed by atoms with Gasteiger partial charge in [0.1, 0.15) is 0 Å². The second-order valence-electron chi connectivity index (χ2n) is 4.44. The van der Waals surface area contributed by atoms with Gasteiger partial charge >= 0.3 is 0 Å². The Hall–Kier alpha value is -0.870. The van der Waals surface area contributed by atoms with Crippen molar-refractivity contribution >= 4 is 0 Å². The minimum atomic E-state index is 0.260. The van der Waals surface area contributed by atoms with Gasteiger partial charge in [-0.1, -0.05) is 19.8 Å². The number of hydrogen-bond donors (Lipinski definition) is 2. The summed E-state index contributed by atoms with van der Waals surface area (Å²) in [5.41, 5.74) is 5.26. The first-order valence-corrected chi connectivity index (χ1v) is 5.73. The van der Waals surface area contributed by atoms with Gasteiger partial charge in [-0.3, -0.25) is 16.0 Å². The molecule has 4 nitrogen and oxygen atoms in total. The number of nitrogens with one attached hydrogen (secondary N) is 1. The van der Waals surface area contributed by atoms with E-state index in [1.54, 1.807) is 0 Å². The smallest absolute Gasteiger partial charge is 0.0631 e. The maximum absolute atomic E-state index is 5.61. The maximum Gasteiger partial charge on any atom is 0.0631 e. The Morgan fingerprint density at radius 1 is 1.67 bits per heavy atom. The molecule has 0 bridgehead atoms. The molecule has 1 saturated carbocycles. The minimum absolute atomic E-state index is 0.260. The van der Waals surface area contributed by atoms with Crippen LogP contribution >= 0.6 is 0 Å². The average molecular weight is 208 g/mol. The van der Waals surface area contributed by atoms with Gasteiger partial charge in [-0.25, -0.2) is 0 Å². The molecule has 1 heterocycles. The Balaban J connectivity index is 2.12. The van der Waals surface area contributed by atoms with E-state index in [4.69, 9.17) is 5.84 Å². The summed E-state index contributed by atoms with van der Waals surface area (Å²) >= 11 is 0. The second-order valence-corrected chi connectivity index (χ2v) is 4.44. The molecule has 1 fully saturated rings. The number of hydrogen-bond acceptors (Lipinski definition) is 3. The topological polar surface area (TPSA) is 55.9 Å². The lowest BCUT2D eigenvalue weighted by Gasteiger charge is -2.15. The highest BCUT2D eigenvalue weighted by atomic mass is 15.3. The van der Waals surface area contributed by atoms with Crippen molar-refractivity contribution in [2.24, 2.45) is 18.8 Å². The largest absolute Gasteiger partial charge is 0.271 e. The number of aryl methyl sites for hydroxylation is 2. The van der Waals surface area contributed by atoms with Crippen molar-refractivity contribution in [1.82, 2.24) is 15.2 Å². The van der Waals surface area contributed by atoms with Crippen molar-refractivity contribution in [3.05, 3.63) is 17.5 Å². The first-order valence-electron chi connectivity index (χ1n) is 5.73. The first-order chi connectivity index (χ1) is 7.24. The molecule has 1 unspecified atom stereocenters. The molecule has 0 saturated heterocycles. The van der Waals surface area contributed by atoms with Crippen LogP contribution in [0.25, 0.3) is 0 Å². The fourth-order valence-electron chi connectivity index (χ4n) is 2.00. The molecule has 2 rings (SSSR count). The van der Waals surface area contributed by atoms with Gasteiger partial charge in [0, 0.05) is 7.05 Å². The average Bonchev–Trinajstić information content (AvgIpc) is 2.98. The van der Waals surface area contributed by atoms with Crippen LogP contribution in [0.2, 0.25) is 0 Å². The highest BCUT2D eigenvalue weighted by molar-refractivity contribution is 5.14. The molecule has 0 aromatic carbocycles. The fourth-order valence-corrected chi connectivity index (χ4v) is 2.00. The van der Waals surface area contributed by atoms with E-state index < -0.39 is 0 Å². The third-order valence-corrected chi connectivity index (χ3v) is 3.15. The number of aromatic nitrogens is 2. The second kappa shape index (κ2) is 4.33. The normalized spacial score (nSPS) is 18.1. The summed E-state index contributed by atoms with van der Waals surface area (Å²) in [6, 6.07) is 2.42. The van der Waals surface area contributed by atoms with Crippen LogP contribution in [0, 0.1) is 5.92 Å². The van der Waals surface area contributed by atoms with E-state index in [1.165, 1.54) is 18.5 Å². The molecule has 1 aliphatic rings. The van der Waals surface area contributed by atoms with Crippen LogP contribution in [-0.4, -0.2) is 9.78 Å². The molecular weight excluding hydrogens is 188 g/mol. The Morgan fingerprint density at radius 2 is 2.40 bits per heavy atom. The molecule has 0 spiro atoms. The van der Waals surface area contributed by atoms with Gasteiger partial charge in [0.2, 0.25) is 0 Å². The van der Waals surface area contributed by atoms with Gasteiger partial charge in [-0.2, -0.15) is 5.10 Å². The number of rotatable bonds is 5. The minimum Gasteiger partial charge on any atom is -0.271 e. The van der Waals surface area contributed by atoms with Crippen molar-refractivity contribution in [3.8, 4) is 0 Å². The van der Waals surface area contributed by atoms with Crippen molar-refractivity contribution in [2.75, 3.05) is 0 Å². The molecule has 3 N–H and O–H groups in total. The van der Waals surface area contributed by atoms with E-state index in [-0.39, 0.29) is 6.04 Å². The van der Waals surface area contributed by atoms with E-state index in [2.05, 4.69) is 23.5 Å². The van der Waals surface area contributed by atoms with Crippen LogP contribution < -0.4 is 11.3 Å². The third kappa shape index (κ3) is 2.38. The van der Waals surface area contributed by atoms with Crippen molar-refractivity contribution in [2.45, 2.75) is 38.6 Å². The molecular formula is C11H20N4. The van der Waals surface area contributed by atoms with Crippen LogP contribution in [0.4, 0.5) is 0 Å². The zero-order valence-electron chi connectivity index (χ0n) is 9.53. The molecule has 0 amide bonds. The summed E-state index contributed by atoms with van der Waals surface area (Å²) in [5.74, 6) is 6.48. The lowest BCUT2D eigenvalue weighted by Crippen LogP contribution is -2.29. The quantitative estimate of drug-likeness (QED) is 0.566. The van der Waals surface area contributed by atoms with Crippen LogP contribution in [0.5, 0.6) is 0 Å². The lowest BCUT2D eigenvalue weighted by molar-refractivity contribution is 0.457. The lowest BCUT2D eigenvalue weighted by atomic mass is 10.1. The molecule has 0 aliphatic heterocycles. The highest BCUT2D eigenvalue weighted by Crippen LogP contribution is 2.37. The molecule has 15 heavy (non-hydrogen) atoms. The number of nitrogens with two attached hydrogens (primary N) is 1. The summed E-state index contributed by atoms with van der Waals surface area (Å²) in [4.78, 5) is 0. The summed E-state index contributed by atoms with van der Waals surface area (Å²) in [5, 5.41) is 4.45. The Labute approximate surface area is 90.8 Å². The van der Waals surface area contributed by atoms with Crippen LogP contribution in [0.1, 0.15) is 43.6 Å². The third-order valence-electron chi connectivity index (χ3n) is 3.15. The number of nitrogens with zero attached hydrogens (tertiary/aromatic N) is 2. The first kappa shape index (κ1) is 10.6. The van der Waals surface area contributed by atoms with Crippen LogP contribution in [0.3, 0.4) is 0 Å². The van der Waals surface area contributed by atoms with E-state index in [0.29, 0.717) is 0 Å². The van der Waals surface area contributed by atoms with Gasteiger partial charge in [0.05, 0.1) is 17.4 Å². The molecule has 84 valence electrons. The van der Waals surface area contributed by atoms with Gasteiger partial charge in [0.15, 0.2) is 0 Å². The van der Waals surface area contributed by atoms with E-state index >= 15 is 0 Å². The molecule has 1 aromatic heterocycles. The molecule has 1 atom stereocenters. The van der Waals surface area contributed by atoms with Gasteiger partial charge in [-0.15, -0.1) is 0 Å². The fraction of sp³-hybridized carbons (Fsp3) is 0.727. The standard InChI is InChI=1S/C11H20N4/c1-3-9-7-11(15(2)14-9)10(13-12)6-8-4-5-8/h7-8,10,13H,3-6,12H2,1-2H3.